The highest BCUT2D eigenvalue weighted by atomic mass is 19.1. The van der Waals surface area contributed by atoms with Crippen LogP contribution in [-0.4, -0.2) is 40.2 Å². The zero-order chi connectivity index (χ0) is 12.4. The molecule has 5 heteroatoms. The van der Waals surface area contributed by atoms with Crippen LogP contribution in [0.3, 0.4) is 0 Å². The number of benzene rings is 1. The van der Waals surface area contributed by atoms with E-state index in [0.29, 0.717) is 6.54 Å². The normalized spacial score (nSPS) is 19.6. The number of hydrogen-bond donors (Lipinski definition) is 2. The summed E-state index contributed by atoms with van der Waals surface area (Å²) in [7, 11) is 0. The summed E-state index contributed by atoms with van der Waals surface area (Å²) in [6, 6.07) is 3.23. The second-order valence-electron chi connectivity index (χ2n) is 4.14. The van der Waals surface area contributed by atoms with Crippen molar-refractivity contribution < 1.29 is 19.4 Å². The van der Waals surface area contributed by atoms with Crippen LogP contribution < -0.4 is 0 Å². The Hall–Kier alpha value is -1.62. The number of likely N-dealkylation sites (tertiary alicyclic amines) is 1. The lowest BCUT2D eigenvalue weighted by atomic mass is 10.1. The molecule has 4 nitrogen and oxygen atoms in total. The van der Waals surface area contributed by atoms with Gasteiger partial charge in [0.15, 0.2) is 0 Å². The molecule has 1 fully saturated rings. The van der Waals surface area contributed by atoms with E-state index in [1.54, 1.807) is 0 Å². The number of carbonyl (C=O) groups excluding carboxylic acids is 1. The Morgan fingerprint density at radius 2 is 2.29 bits per heavy atom. The molecule has 0 bridgehead atoms. The lowest BCUT2D eigenvalue weighted by Gasteiger charge is -2.23. The number of hydrogen-bond acceptors (Lipinski definition) is 3. The van der Waals surface area contributed by atoms with Crippen molar-refractivity contribution in [3.8, 4) is 5.75 Å². The topological polar surface area (TPSA) is 60.8 Å². The number of nitrogens with zero attached hydrogens (tertiary/aromatic N) is 1. The van der Waals surface area contributed by atoms with Crippen molar-refractivity contribution in [3.05, 3.63) is 29.6 Å². The van der Waals surface area contributed by atoms with Gasteiger partial charge >= 0.3 is 0 Å². The second-order valence-corrected chi connectivity index (χ2v) is 4.14. The van der Waals surface area contributed by atoms with Gasteiger partial charge in [0.1, 0.15) is 11.6 Å². The minimum atomic E-state index is -0.737. The molecule has 92 valence electrons. The molecule has 17 heavy (non-hydrogen) atoms. The van der Waals surface area contributed by atoms with Crippen LogP contribution in [0.25, 0.3) is 0 Å². The van der Waals surface area contributed by atoms with Gasteiger partial charge in [0, 0.05) is 12.6 Å². The van der Waals surface area contributed by atoms with Crippen LogP contribution in [0.1, 0.15) is 23.2 Å². The summed E-state index contributed by atoms with van der Waals surface area (Å²) in [4.78, 5) is 13.5. The number of rotatable bonds is 2. The van der Waals surface area contributed by atoms with Crippen molar-refractivity contribution >= 4 is 5.91 Å². The minimum Gasteiger partial charge on any atom is -0.508 e. The standard InChI is InChI=1S/C12H14FNO3/c13-11-6-9(16)3-4-10(11)12(17)14-5-1-2-8(14)7-15/h3-4,6,8,15-16H,1-2,5,7H2. The summed E-state index contributed by atoms with van der Waals surface area (Å²) in [6.07, 6.45) is 1.55. The van der Waals surface area contributed by atoms with Gasteiger partial charge in [-0.1, -0.05) is 0 Å². The molecular formula is C12H14FNO3. The van der Waals surface area contributed by atoms with Crippen LogP contribution in [0.4, 0.5) is 4.39 Å². The van der Waals surface area contributed by atoms with E-state index in [1.165, 1.54) is 17.0 Å². The van der Waals surface area contributed by atoms with E-state index in [-0.39, 0.29) is 24.0 Å². The Labute approximate surface area is 98.3 Å². The number of halogens is 1. The number of amides is 1. The lowest BCUT2D eigenvalue weighted by Crippen LogP contribution is -2.38. The molecule has 1 aromatic rings. The average Bonchev–Trinajstić information content (AvgIpc) is 2.76. The molecule has 0 aromatic heterocycles. The first-order valence-electron chi connectivity index (χ1n) is 5.54. The highest BCUT2D eigenvalue weighted by Crippen LogP contribution is 2.22. The van der Waals surface area contributed by atoms with Crippen LogP contribution in [-0.2, 0) is 0 Å². The Balaban J connectivity index is 2.24. The SMILES string of the molecule is O=C(c1ccc(O)cc1F)N1CCCC1CO. The summed E-state index contributed by atoms with van der Waals surface area (Å²) >= 11 is 0. The van der Waals surface area contributed by atoms with Crippen molar-refractivity contribution in [1.82, 2.24) is 4.90 Å². The molecule has 0 radical (unpaired) electrons. The molecule has 1 aromatic carbocycles. The van der Waals surface area contributed by atoms with Gasteiger partial charge < -0.3 is 15.1 Å². The molecule has 0 saturated carbocycles. The number of aliphatic hydroxyl groups excluding tert-OH is 1. The maximum Gasteiger partial charge on any atom is 0.257 e. The summed E-state index contributed by atoms with van der Waals surface area (Å²) < 4.78 is 13.5. The Morgan fingerprint density at radius 3 is 2.94 bits per heavy atom. The van der Waals surface area contributed by atoms with Crippen molar-refractivity contribution in [2.75, 3.05) is 13.2 Å². The highest BCUT2D eigenvalue weighted by molar-refractivity contribution is 5.95. The third-order valence-corrected chi connectivity index (χ3v) is 3.03. The van der Waals surface area contributed by atoms with Gasteiger partial charge in [-0.05, 0) is 25.0 Å². The average molecular weight is 239 g/mol. The van der Waals surface area contributed by atoms with Gasteiger partial charge in [-0.2, -0.15) is 0 Å². The fraction of sp³-hybridized carbons (Fsp3) is 0.417. The maximum absolute atomic E-state index is 13.5. The van der Waals surface area contributed by atoms with Crippen LogP contribution >= 0.6 is 0 Å². The van der Waals surface area contributed by atoms with Crippen molar-refractivity contribution in [2.45, 2.75) is 18.9 Å². The molecule has 1 aliphatic rings. The predicted molar refractivity (Wildman–Crippen MR) is 59.2 cm³/mol. The molecule has 1 amide bonds. The van der Waals surface area contributed by atoms with Crippen LogP contribution in [0.5, 0.6) is 5.75 Å². The third-order valence-electron chi connectivity index (χ3n) is 3.03. The third kappa shape index (κ3) is 2.24. The quantitative estimate of drug-likeness (QED) is 0.813. The molecule has 1 unspecified atom stereocenters. The zero-order valence-electron chi connectivity index (χ0n) is 9.27. The van der Waals surface area contributed by atoms with Gasteiger partial charge in [-0.3, -0.25) is 4.79 Å². The van der Waals surface area contributed by atoms with E-state index in [0.717, 1.165) is 18.9 Å². The van der Waals surface area contributed by atoms with Crippen molar-refractivity contribution in [1.29, 1.82) is 0 Å². The van der Waals surface area contributed by atoms with Crippen molar-refractivity contribution in [3.63, 3.8) is 0 Å². The molecule has 2 N–H and O–H groups in total. The van der Waals surface area contributed by atoms with E-state index in [4.69, 9.17) is 10.2 Å². The number of aromatic hydroxyl groups is 1. The fourth-order valence-electron chi connectivity index (χ4n) is 2.13. The van der Waals surface area contributed by atoms with E-state index in [2.05, 4.69) is 0 Å². The Kier molecular flexibility index (Phi) is 3.28. The molecule has 1 atom stereocenters. The number of carbonyl (C=O) groups is 1. The van der Waals surface area contributed by atoms with Gasteiger partial charge in [-0.15, -0.1) is 0 Å². The molecule has 1 heterocycles. The molecular weight excluding hydrogens is 225 g/mol. The summed E-state index contributed by atoms with van der Waals surface area (Å²) in [6.45, 7) is 0.426. The molecule has 1 saturated heterocycles. The minimum absolute atomic E-state index is 0.0665. The summed E-state index contributed by atoms with van der Waals surface area (Å²) in [5.74, 6) is -1.38. The molecule has 1 aliphatic heterocycles. The number of phenols is 1. The maximum atomic E-state index is 13.5. The van der Waals surface area contributed by atoms with Crippen LogP contribution in [0.15, 0.2) is 18.2 Å². The van der Waals surface area contributed by atoms with Crippen molar-refractivity contribution in [2.24, 2.45) is 0 Å². The fourth-order valence-corrected chi connectivity index (χ4v) is 2.13. The van der Waals surface area contributed by atoms with E-state index in [1.807, 2.05) is 0 Å². The summed E-state index contributed by atoms with van der Waals surface area (Å²) in [5.41, 5.74) is -0.0665. The second kappa shape index (κ2) is 4.71. The first-order valence-corrected chi connectivity index (χ1v) is 5.54. The van der Waals surface area contributed by atoms with Gasteiger partial charge in [0.2, 0.25) is 0 Å². The number of aliphatic hydroxyl groups is 1. The number of phenolic OH excluding ortho intramolecular Hbond substituents is 1. The Bertz CT molecular complexity index is 436. The highest BCUT2D eigenvalue weighted by Gasteiger charge is 2.30. The first-order chi connectivity index (χ1) is 8.13. The van der Waals surface area contributed by atoms with E-state index in [9.17, 15) is 9.18 Å². The van der Waals surface area contributed by atoms with Gasteiger partial charge in [0.05, 0.1) is 18.2 Å². The molecule has 2 rings (SSSR count). The summed E-state index contributed by atoms with van der Waals surface area (Å²) in [5, 5.41) is 18.2. The zero-order valence-corrected chi connectivity index (χ0v) is 9.27. The van der Waals surface area contributed by atoms with E-state index >= 15 is 0 Å². The van der Waals surface area contributed by atoms with Crippen LogP contribution in [0.2, 0.25) is 0 Å². The first kappa shape index (κ1) is 11.9. The molecule has 0 aliphatic carbocycles. The van der Waals surface area contributed by atoms with E-state index < -0.39 is 11.7 Å². The van der Waals surface area contributed by atoms with Gasteiger partial charge in [-0.25, -0.2) is 4.39 Å². The Morgan fingerprint density at radius 1 is 1.53 bits per heavy atom. The largest absolute Gasteiger partial charge is 0.508 e. The monoisotopic (exact) mass is 239 g/mol. The predicted octanol–water partition coefficient (Wildman–Crippen LogP) is 1.13. The smallest absolute Gasteiger partial charge is 0.257 e. The molecule has 0 spiro atoms. The lowest BCUT2D eigenvalue weighted by molar-refractivity contribution is 0.0673. The van der Waals surface area contributed by atoms with Crippen LogP contribution in [0, 0.1) is 5.82 Å². The van der Waals surface area contributed by atoms with Gasteiger partial charge in [0.25, 0.3) is 5.91 Å².